The summed E-state index contributed by atoms with van der Waals surface area (Å²) >= 11 is 0. The number of nitrogens with one attached hydrogen (secondary N) is 1. The standard InChI is InChI=1S/C10H13F2NO2/c1-14-8-4-3-7(5-9(8)15-2)13-6-10(11)12/h3-5,10,13H,6H2,1-2H3. The molecule has 0 aliphatic carbocycles. The van der Waals surface area contributed by atoms with Crippen molar-refractivity contribution in [2.45, 2.75) is 6.43 Å². The minimum Gasteiger partial charge on any atom is -0.493 e. The molecule has 1 aromatic carbocycles. The summed E-state index contributed by atoms with van der Waals surface area (Å²) in [5, 5.41) is 2.58. The molecule has 5 heteroatoms. The zero-order chi connectivity index (χ0) is 11.3. The van der Waals surface area contributed by atoms with Crippen LogP contribution >= 0.6 is 0 Å². The van der Waals surface area contributed by atoms with Crippen molar-refractivity contribution < 1.29 is 18.3 Å². The van der Waals surface area contributed by atoms with Gasteiger partial charge >= 0.3 is 0 Å². The van der Waals surface area contributed by atoms with Gasteiger partial charge in [-0.15, -0.1) is 0 Å². The van der Waals surface area contributed by atoms with E-state index in [0.29, 0.717) is 17.2 Å². The van der Waals surface area contributed by atoms with Crippen LogP contribution in [0.15, 0.2) is 18.2 Å². The van der Waals surface area contributed by atoms with Gasteiger partial charge in [0.25, 0.3) is 6.43 Å². The molecule has 0 radical (unpaired) electrons. The van der Waals surface area contributed by atoms with Crippen LogP contribution in [-0.2, 0) is 0 Å². The van der Waals surface area contributed by atoms with Crippen LogP contribution in [-0.4, -0.2) is 27.2 Å². The topological polar surface area (TPSA) is 30.5 Å². The monoisotopic (exact) mass is 217 g/mol. The number of benzene rings is 1. The quantitative estimate of drug-likeness (QED) is 0.821. The third-order valence-electron chi connectivity index (χ3n) is 1.84. The number of hydrogen-bond donors (Lipinski definition) is 1. The number of anilines is 1. The number of alkyl halides is 2. The van der Waals surface area contributed by atoms with Crippen molar-refractivity contribution >= 4 is 5.69 Å². The van der Waals surface area contributed by atoms with Gasteiger partial charge in [-0.2, -0.15) is 0 Å². The van der Waals surface area contributed by atoms with Crippen LogP contribution in [0.3, 0.4) is 0 Å². The van der Waals surface area contributed by atoms with Gasteiger partial charge in [-0.3, -0.25) is 0 Å². The first-order chi connectivity index (χ1) is 7.17. The lowest BCUT2D eigenvalue weighted by Crippen LogP contribution is -2.10. The molecular weight excluding hydrogens is 204 g/mol. The molecule has 1 N–H and O–H groups in total. The van der Waals surface area contributed by atoms with Gasteiger partial charge in [0.15, 0.2) is 11.5 Å². The Morgan fingerprint density at radius 1 is 1.20 bits per heavy atom. The molecule has 0 saturated heterocycles. The van der Waals surface area contributed by atoms with Crippen LogP contribution < -0.4 is 14.8 Å². The Kier molecular flexibility index (Phi) is 4.15. The molecule has 0 amide bonds. The van der Waals surface area contributed by atoms with Crippen molar-refractivity contribution in [3.05, 3.63) is 18.2 Å². The zero-order valence-electron chi connectivity index (χ0n) is 8.59. The van der Waals surface area contributed by atoms with E-state index in [1.165, 1.54) is 14.2 Å². The van der Waals surface area contributed by atoms with Gasteiger partial charge in [0.2, 0.25) is 0 Å². The zero-order valence-corrected chi connectivity index (χ0v) is 8.59. The van der Waals surface area contributed by atoms with E-state index < -0.39 is 6.43 Å². The SMILES string of the molecule is COc1ccc(NCC(F)F)cc1OC. The molecule has 0 aliphatic rings. The Morgan fingerprint density at radius 2 is 1.87 bits per heavy atom. The number of hydrogen-bond acceptors (Lipinski definition) is 3. The fourth-order valence-corrected chi connectivity index (χ4v) is 1.14. The van der Waals surface area contributed by atoms with E-state index in [-0.39, 0.29) is 6.54 Å². The maximum absolute atomic E-state index is 11.9. The van der Waals surface area contributed by atoms with Crippen molar-refractivity contribution in [2.24, 2.45) is 0 Å². The molecule has 0 saturated carbocycles. The highest BCUT2D eigenvalue weighted by molar-refractivity contribution is 5.54. The summed E-state index contributed by atoms with van der Waals surface area (Å²) in [6.45, 7) is -0.379. The lowest BCUT2D eigenvalue weighted by molar-refractivity contribution is 0.163. The van der Waals surface area contributed by atoms with Gasteiger partial charge < -0.3 is 14.8 Å². The molecule has 1 rings (SSSR count). The first-order valence-electron chi connectivity index (χ1n) is 4.41. The number of rotatable bonds is 5. The number of ether oxygens (including phenoxy) is 2. The van der Waals surface area contributed by atoms with E-state index >= 15 is 0 Å². The predicted octanol–water partition coefficient (Wildman–Crippen LogP) is 2.38. The van der Waals surface area contributed by atoms with Crippen LogP contribution in [0.1, 0.15) is 0 Å². The van der Waals surface area contributed by atoms with Gasteiger partial charge in [-0.25, -0.2) is 8.78 Å². The lowest BCUT2D eigenvalue weighted by Gasteiger charge is -2.10. The largest absolute Gasteiger partial charge is 0.493 e. The summed E-state index contributed by atoms with van der Waals surface area (Å²) in [5.41, 5.74) is 0.577. The average molecular weight is 217 g/mol. The van der Waals surface area contributed by atoms with Crippen molar-refractivity contribution in [1.29, 1.82) is 0 Å². The van der Waals surface area contributed by atoms with Crippen LogP contribution in [0, 0.1) is 0 Å². The Morgan fingerprint density at radius 3 is 2.40 bits per heavy atom. The molecule has 0 atom stereocenters. The smallest absolute Gasteiger partial charge is 0.255 e. The third-order valence-corrected chi connectivity index (χ3v) is 1.84. The normalized spacial score (nSPS) is 10.2. The van der Waals surface area contributed by atoms with Gasteiger partial charge in [0.1, 0.15) is 0 Å². The van der Waals surface area contributed by atoms with Gasteiger partial charge in [0, 0.05) is 11.8 Å². The lowest BCUT2D eigenvalue weighted by atomic mass is 10.2. The van der Waals surface area contributed by atoms with Gasteiger partial charge in [-0.05, 0) is 12.1 Å². The van der Waals surface area contributed by atoms with Crippen molar-refractivity contribution in [1.82, 2.24) is 0 Å². The molecule has 0 heterocycles. The Hall–Kier alpha value is -1.52. The highest BCUT2D eigenvalue weighted by Crippen LogP contribution is 2.29. The molecule has 0 unspecified atom stereocenters. The van der Waals surface area contributed by atoms with E-state index in [0.717, 1.165) is 0 Å². The van der Waals surface area contributed by atoms with Crippen LogP contribution in [0.5, 0.6) is 11.5 Å². The van der Waals surface area contributed by atoms with Gasteiger partial charge in [0.05, 0.1) is 20.8 Å². The summed E-state index contributed by atoms with van der Waals surface area (Å²) in [6, 6.07) is 4.93. The Bertz CT molecular complexity index is 318. The van der Waals surface area contributed by atoms with Crippen LogP contribution in [0.25, 0.3) is 0 Å². The molecule has 0 aliphatic heterocycles. The fourth-order valence-electron chi connectivity index (χ4n) is 1.14. The maximum atomic E-state index is 11.9. The van der Waals surface area contributed by atoms with Crippen LogP contribution in [0.4, 0.5) is 14.5 Å². The first-order valence-corrected chi connectivity index (χ1v) is 4.41. The summed E-state index contributed by atoms with van der Waals surface area (Å²) < 4.78 is 33.9. The van der Waals surface area contributed by atoms with E-state index in [4.69, 9.17) is 9.47 Å². The molecular formula is C10H13F2NO2. The number of methoxy groups -OCH3 is 2. The summed E-state index contributed by atoms with van der Waals surface area (Å²) in [7, 11) is 3.01. The molecule has 15 heavy (non-hydrogen) atoms. The third kappa shape index (κ3) is 3.27. The maximum Gasteiger partial charge on any atom is 0.255 e. The fraction of sp³-hybridized carbons (Fsp3) is 0.400. The number of halogens is 2. The average Bonchev–Trinajstić information content (AvgIpc) is 2.25. The van der Waals surface area contributed by atoms with Crippen LogP contribution in [0.2, 0.25) is 0 Å². The Labute approximate surface area is 87.0 Å². The van der Waals surface area contributed by atoms with E-state index in [2.05, 4.69) is 5.32 Å². The second-order valence-electron chi connectivity index (χ2n) is 2.84. The minimum atomic E-state index is -2.38. The molecule has 1 aromatic rings. The summed E-state index contributed by atoms with van der Waals surface area (Å²) in [5.74, 6) is 1.08. The molecule has 0 bridgehead atoms. The summed E-state index contributed by atoms with van der Waals surface area (Å²) in [6.07, 6.45) is -2.38. The van der Waals surface area contributed by atoms with E-state index in [9.17, 15) is 8.78 Å². The molecule has 3 nitrogen and oxygen atoms in total. The highest BCUT2D eigenvalue weighted by atomic mass is 19.3. The second kappa shape index (κ2) is 5.38. The molecule has 0 spiro atoms. The van der Waals surface area contributed by atoms with Crippen molar-refractivity contribution in [3.8, 4) is 11.5 Å². The Balaban J connectivity index is 2.74. The van der Waals surface area contributed by atoms with E-state index in [1.807, 2.05) is 0 Å². The first kappa shape index (κ1) is 11.6. The molecule has 0 fully saturated rings. The van der Waals surface area contributed by atoms with E-state index in [1.54, 1.807) is 18.2 Å². The van der Waals surface area contributed by atoms with Crippen molar-refractivity contribution in [2.75, 3.05) is 26.1 Å². The van der Waals surface area contributed by atoms with Gasteiger partial charge in [-0.1, -0.05) is 0 Å². The summed E-state index contributed by atoms with van der Waals surface area (Å²) in [4.78, 5) is 0. The molecule has 84 valence electrons. The van der Waals surface area contributed by atoms with Crippen molar-refractivity contribution in [3.63, 3.8) is 0 Å². The second-order valence-corrected chi connectivity index (χ2v) is 2.84. The highest BCUT2D eigenvalue weighted by Gasteiger charge is 2.06. The molecule has 0 aromatic heterocycles. The predicted molar refractivity (Wildman–Crippen MR) is 54.0 cm³/mol. The minimum absolute atomic E-state index is 0.379.